The minimum Gasteiger partial charge on any atom is -0.370 e. The van der Waals surface area contributed by atoms with Gasteiger partial charge in [0.2, 0.25) is 5.91 Å². The summed E-state index contributed by atoms with van der Waals surface area (Å²) in [6.45, 7) is 5.15. The zero-order chi connectivity index (χ0) is 20.2. The monoisotopic (exact) mass is 391 g/mol. The predicted molar refractivity (Wildman–Crippen MR) is 105 cm³/mol. The van der Waals surface area contributed by atoms with Crippen molar-refractivity contribution in [3.05, 3.63) is 53.3 Å². The average molecular weight is 391 g/mol. The van der Waals surface area contributed by atoms with Crippen molar-refractivity contribution < 1.29 is 17.6 Å². The van der Waals surface area contributed by atoms with Gasteiger partial charge in [-0.25, -0.2) is 17.5 Å². The fraction of sp³-hybridized carbons (Fsp3) is 0.263. The van der Waals surface area contributed by atoms with Crippen molar-refractivity contribution in [2.45, 2.75) is 26.8 Å². The summed E-state index contributed by atoms with van der Waals surface area (Å²) < 4.78 is 38.7. The first-order valence-electron chi connectivity index (χ1n) is 8.29. The summed E-state index contributed by atoms with van der Waals surface area (Å²) in [6, 6.07) is 7.98. The zero-order valence-electron chi connectivity index (χ0n) is 15.6. The molecule has 0 bridgehead atoms. The number of pyridine rings is 1. The summed E-state index contributed by atoms with van der Waals surface area (Å²) in [4.78, 5) is 17.4. The number of benzene rings is 1. The Balaban J connectivity index is 2.47. The van der Waals surface area contributed by atoms with E-state index in [9.17, 15) is 17.6 Å². The van der Waals surface area contributed by atoms with Crippen molar-refractivity contribution in [2.24, 2.45) is 0 Å². The second kappa shape index (κ2) is 8.30. The van der Waals surface area contributed by atoms with Crippen LogP contribution in [0.5, 0.6) is 0 Å². The van der Waals surface area contributed by atoms with Crippen molar-refractivity contribution in [3.8, 4) is 11.3 Å². The number of rotatable bonds is 6. The molecule has 0 aliphatic heterocycles. The second-order valence-corrected chi connectivity index (χ2v) is 7.92. The number of halogens is 1. The molecular weight excluding hydrogens is 369 g/mol. The van der Waals surface area contributed by atoms with Crippen LogP contribution in [0.25, 0.3) is 17.3 Å². The molecule has 8 heteroatoms. The van der Waals surface area contributed by atoms with Gasteiger partial charge < -0.3 is 4.90 Å². The van der Waals surface area contributed by atoms with E-state index < -0.39 is 15.9 Å². The Hall–Kier alpha value is -2.74. The number of hydrogen-bond donors (Lipinski definition) is 1. The van der Waals surface area contributed by atoms with Crippen molar-refractivity contribution >= 4 is 27.7 Å². The molecule has 0 spiro atoms. The molecule has 1 N–H and O–H groups in total. The first-order valence-corrected chi connectivity index (χ1v) is 9.84. The quantitative estimate of drug-likeness (QED) is 0.818. The van der Waals surface area contributed by atoms with Crippen molar-refractivity contribution in [3.63, 3.8) is 0 Å². The maximum Gasteiger partial charge on any atom is 0.257 e. The van der Waals surface area contributed by atoms with E-state index in [1.165, 1.54) is 24.4 Å². The van der Waals surface area contributed by atoms with Crippen LogP contribution in [0.15, 0.2) is 41.9 Å². The van der Waals surface area contributed by atoms with Crippen LogP contribution in [0.2, 0.25) is 0 Å². The molecule has 0 saturated heterocycles. The van der Waals surface area contributed by atoms with E-state index in [1.54, 1.807) is 18.2 Å². The molecular formula is C19H22FN3O3S. The van der Waals surface area contributed by atoms with Crippen LogP contribution < -0.4 is 9.62 Å². The van der Waals surface area contributed by atoms with E-state index >= 15 is 0 Å². The van der Waals surface area contributed by atoms with Crippen LogP contribution in [0.1, 0.15) is 26.3 Å². The predicted octanol–water partition coefficient (Wildman–Crippen LogP) is 3.17. The molecule has 0 saturated carbocycles. The van der Waals surface area contributed by atoms with Crippen LogP contribution in [0.4, 0.5) is 10.1 Å². The summed E-state index contributed by atoms with van der Waals surface area (Å²) in [5, 5.41) is 0.919. The van der Waals surface area contributed by atoms with Crippen LogP contribution in [0.3, 0.4) is 0 Å². The first kappa shape index (κ1) is 20.6. The van der Waals surface area contributed by atoms with Crippen LogP contribution >= 0.6 is 0 Å². The standard InChI is InChI=1S/C19H22FN3O3S/c1-13(2)23(4)18-11-15(9-10-27(25,26)22-14(3)24)12-21-19(18)16-5-7-17(20)8-6-16/h5-13H,1-4H3,(H,22,24)/b10-9+. The molecule has 0 radical (unpaired) electrons. The van der Waals surface area contributed by atoms with Gasteiger partial charge in [-0.3, -0.25) is 9.78 Å². The Labute approximate surface area is 158 Å². The highest BCUT2D eigenvalue weighted by Gasteiger charge is 2.14. The maximum absolute atomic E-state index is 13.2. The number of carbonyl (C=O) groups is 1. The van der Waals surface area contributed by atoms with Crippen LogP contribution in [0, 0.1) is 5.82 Å². The third-order valence-electron chi connectivity index (χ3n) is 3.89. The van der Waals surface area contributed by atoms with Gasteiger partial charge >= 0.3 is 0 Å². The number of amides is 1. The molecule has 0 fully saturated rings. The lowest BCUT2D eigenvalue weighted by atomic mass is 10.1. The number of hydrogen-bond acceptors (Lipinski definition) is 5. The van der Waals surface area contributed by atoms with E-state index in [2.05, 4.69) is 4.98 Å². The van der Waals surface area contributed by atoms with Crippen molar-refractivity contribution in [1.29, 1.82) is 0 Å². The Kier molecular flexibility index (Phi) is 6.32. The summed E-state index contributed by atoms with van der Waals surface area (Å²) in [5.74, 6) is -0.995. The first-order chi connectivity index (χ1) is 12.6. The third-order valence-corrected chi connectivity index (χ3v) is 4.95. The van der Waals surface area contributed by atoms with Gasteiger partial charge in [0.25, 0.3) is 10.0 Å². The number of sulfonamides is 1. The Morgan fingerprint density at radius 3 is 2.44 bits per heavy atom. The molecule has 1 aromatic heterocycles. The van der Waals surface area contributed by atoms with E-state index in [0.717, 1.165) is 23.6 Å². The van der Waals surface area contributed by atoms with Gasteiger partial charge in [0, 0.05) is 31.8 Å². The summed E-state index contributed by atoms with van der Waals surface area (Å²) in [6.07, 6.45) is 2.89. The third kappa shape index (κ3) is 5.62. The molecule has 2 rings (SSSR count). The fourth-order valence-corrected chi connectivity index (χ4v) is 3.14. The SMILES string of the molecule is CC(=O)NS(=O)(=O)/C=C/c1cnc(-c2ccc(F)cc2)c(N(C)C(C)C)c1. The minimum absolute atomic E-state index is 0.161. The van der Waals surface area contributed by atoms with Gasteiger partial charge in [0.15, 0.2) is 0 Å². The van der Waals surface area contributed by atoms with Gasteiger partial charge in [-0.15, -0.1) is 0 Å². The van der Waals surface area contributed by atoms with Crippen LogP contribution in [-0.4, -0.2) is 32.4 Å². The fourth-order valence-electron chi connectivity index (χ4n) is 2.34. The van der Waals surface area contributed by atoms with Gasteiger partial charge in [-0.1, -0.05) is 0 Å². The van der Waals surface area contributed by atoms with Crippen molar-refractivity contribution in [1.82, 2.24) is 9.71 Å². The van der Waals surface area contributed by atoms with Crippen LogP contribution in [-0.2, 0) is 14.8 Å². The maximum atomic E-state index is 13.2. The lowest BCUT2D eigenvalue weighted by Crippen LogP contribution is -2.26. The number of nitrogens with zero attached hydrogens (tertiary/aromatic N) is 2. The molecule has 0 atom stereocenters. The largest absolute Gasteiger partial charge is 0.370 e. The van der Waals surface area contributed by atoms with Gasteiger partial charge in [-0.2, -0.15) is 0 Å². The summed E-state index contributed by atoms with van der Waals surface area (Å²) >= 11 is 0. The molecule has 2 aromatic rings. The number of nitrogens with one attached hydrogen (secondary N) is 1. The van der Waals surface area contributed by atoms with Gasteiger partial charge in [0.1, 0.15) is 5.82 Å². The second-order valence-electron chi connectivity index (χ2n) is 6.35. The smallest absolute Gasteiger partial charge is 0.257 e. The molecule has 144 valence electrons. The average Bonchev–Trinajstić information content (AvgIpc) is 2.59. The Morgan fingerprint density at radius 1 is 1.26 bits per heavy atom. The van der Waals surface area contributed by atoms with E-state index in [0.29, 0.717) is 11.3 Å². The Morgan fingerprint density at radius 2 is 1.89 bits per heavy atom. The number of anilines is 1. The lowest BCUT2D eigenvalue weighted by Gasteiger charge is -2.26. The minimum atomic E-state index is -3.86. The van der Waals surface area contributed by atoms with Crippen molar-refractivity contribution in [2.75, 3.05) is 11.9 Å². The molecule has 1 aromatic carbocycles. The molecule has 0 unspecified atom stereocenters. The Bertz CT molecular complexity index is 955. The highest BCUT2D eigenvalue weighted by atomic mass is 32.2. The lowest BCUT2D eigenvalue weighted by molar-refractivity contribution is -0.117. The molecule has 0 aliphatic carbocycles. The topological polar surface area (TPSA) is 79.4 Å². The molecule has 6 nitrogen and oxygen atoms in total. The van der Waals surface area contributed by atoms with Gasteiger partial charge in [-0.05, 0) is 55.8 Å². The molecule has 27 heavy (non-hydrogen) atoms. The molecule has 0 aliphatic rings. The van der Waals surface area contributed by atoms with Gasteiger partial charge in [0.05, 0.1) is 16.8 Å². The van der Waals surface area contributed by atoms with E-state index in [1.807, 2.05) is 30.5 Å². The highest BCUT2D eigenvalue weighted by molar-refractivity contribution is 7.93. The van der Waals surface area contributed by atoms with E-state index in [4.69, 9.17) is 0 Å². The van der Waals surface area contributed by atoms with E-state index in [-0.39, 0.29) is 11.9 Å². The summed E-state index contributed by atoms with van der Waals surface area (Å²) in [7, 11) is -1.96. The molecule has 1 amide bonds. The summed E-state index contributed by atoms with van der Waals surface area (Å²) in [5.41, 5.74) is 2.74. The molecule has 1 heterocycles. The normalized spacial score (nSPS) is 11.8. The zero-order valence-corrected chi connectivity index (χ0v) is 16.4. The highest BCUT2D eigenvalue weighted by Crippen LogP contribution is 2.30. The number of carbonyl (C=O) groups excluding carboxylic acids is 1. The number of aromatic nitrogens is 1.